The van der Waals surface area contributed by atoms with Crippen molar-refractivity contribution in [2.45, 2.75) is 68.5 Å². The molecule has 0 saturated carbocycles. The first-order valence-corrected chi connectivity index (χ1v) is 13.2. The fourth-order valence-corrected chi connectivity index (χ4v) is 8.68. The molecule has 3 saturated heterocycles. The van der Waals surface area contributed by atoms with Crippen molar-refractivity contribution >= 4 is 35.2 Å². The van der Waals surface area contributed by atoms with E-state index in [1.165, 1.54) is 0 Å². The number of carbonyl (C=O) groups is 3. The Morgan fingerprint density at radius 3 is 2.51 bits per heavy atom. The maximum Gasteiger partial charge on any atom is 0.311 e. The lowest BCUT2D eigenvalue weighted by molar-refractivity contribution is -0.155. The van der Waals surface area contributed by atoms with Crippen LogP contribution in [0.2, 0.25) is 0 Å². The summed E-state index contributed by atoms with van der Waals surface area (Å²) in [5.41, 5.74) is 0.596. The molecule has 0 aliphatic carbocycles. The molecule has 6 atom stereocenters. The van der Waals surface area contributed by atoms with Crippen molar-refractivity contribution in [3.8, 4) is 5.75 Å². The minimum Gasteiger partial charge on any atom is -0.497 e. The summed E-state index contributed by atoms with van der Waals surface area (Å²) in [6.45, 7) is 7.82. The second-order valence-corrected chi connectivity index (χ2v) is 12.3. The van der Waals surface area contributed by atoms with Crippen LogP contribution in [0.3, 0.4) is 0 Å². The molecule has 1 aromatic rings. The van der Waals surface area contributed by atoms with Crippen molar-refractivity contribution in [1.82, 2.24) is 4.90 Å². The third kappa shape index (κ3) is 4.20. The molecule has 3 heterocycles. The van der Waals surface area contributed by atoms with Crippen LogP contribution in [-0.4, -0.2) is 69.7 Å². The van der Waals surface area contributed by atoms with Crippen LogP contribution in [-0.2, 0) is 19.1 Å². The normalized spacial score (nSPS) is 32.0. The third-order valence-corrected chi connectivity index (χ3v) is 9.69. The van der Waals surface area contributed by atoms with Gasteiger partial charge in [0.2, 0.25) is 11.8 Å². The molecule has 1 spiro atoms. The molecule has 2 amide bonds. The Balaban J connectivity index is 1.75. The lowest BCUT2D eigenvalue weighted by atomic mass is 9.66. The number of hydrogen-bond donors (Lipinski definition) is 2. The van der Waals surface area contributed by atoms with Gasteiger partial charge in [0.05, 0.1) is 42.9 Å². The quantitative estimate of drug-likeness (QED) is 0.498. The van der Waals surface area contributed by atoms with Gasteiger partial charge in [-0.15, -0.1) is 11.8 Å². The molecule has 1 aromatic carbocycles. The average molecular weight is 505 g/mol. The van der Waals surface area contributed by atoms with Crippen LogP contribution in [0.15, 0.2) is 24.3 Å². The van der Waals surface area contributed by atoms with E-state index in [4.69, 9.17) is 9.47 Å². The number of hydrogen-bond acceptors (Lipinski definition) is 7. The Morgan fingerprint density at radius 1 is 1.26 bits per heavy atom. The molecule has 2 N–H and O–H groups in total. The topological polar surface area (TPSA) is 105 Å². The molecule has 192 valence electrons. The van der Waals surface area contributed by atoms with Crippen LogP contribution in [0.4, 0.5) is 5.69 Å². The highest BCUT2D eigenvalue weighted by Crippen LogP contribution is 2.71. The second kappa shape index (κ2) is 9.65. The number of esters is 1. The Kier molecular flexibility index (Phi) is 7.12. The zero-order valence-corrected chi connectivity index (χ0v) is 21.9. The zero-order chi connectivity index (χ0) is 25.5. The molecular weight excluding hydrogens is 468 g/mol. The van der Waals surface area contributed by atoms with E-state index in [-0.39, 0.29) is 36.9 Å². The lowest BCUT2D eigenvalue weighted by Crippen LogP contribution is -2.55. The molecule has 35 heavy (non-hydrogen) atoms. The molecule has 2 unspecified atom stereocenters. The fourth-order valence-electron chi connectivity index (χ4n) is 6.35. The van der Waals surface area contributed by atoms with Crippen LogP contribution < -0.4 is 10.1 Å². The molecule has 8 nitrogen and oxygen atoms in total. The number of carbonyl (C=O) groups excluding carboxylic acids is 3. The summed E-state index contributed by atoms with van der Waals surface area (Å²) >= 11 is 1.60. The maximum atomic E-state index is 14.1. The standard InChI is InChI=1S/C26H36N2O6S/c1-6-34-24(32)20-19-23(31)28(17(14-29)13-15(2)3)21(26(19)12-11-25(20,4)35-26)22(30)27-16-7-9-18(33-5)10-8-16/h7-10,15,17,19-21,29H,6,11-14H2,1-5H3,(H,27,30)/t17-,19+,20-,21?,25+,26?/m1/s1. The molecule has 0 aromatic heterocycles. The number of thioether (sulfide) groups is 1. The van der Waals surface area contributed by atoms with E-state index in [1.54, 1.807) is 55.0 Å². The van der Waals surface area contributed by atoms with Crippen molar-refractivity contribution in [3.63, 3.8) is 0 Å². The number of aliphatic hydroxyl groups is 1. The first kappa shape index (κ1) is 25.8. The maximum absolute atomic E-state index is 14.1. The lowest BCUT2D eigenvalue weighted by Gasteiger charge is -2.37. The summed E-state index contributed by atoms with van der Waals surface area (Å²) in [6.07, 6.45) is 1.93. The predicted octanol–water partition coefficient (Wildman–Crippen LogP) is 3.09. The number of nitrogens with one attached hydrogen (secondary N) is 1. The van der Waals surface area contributed by atoms with Crippen LogP contribution in [0, 0.1) is 17.8 Å². The number of methoxy groups -OCH3 is 1. The van der Waals surface area contributed by atoms with Gasteiger partial charge in [0.25, 0.3) is 0 Å². The van der Waals surface area contributed by atoms with E-state index in [1.807, 2.05) is 20.8 Å². The Morgan fingerprint density at radius 2 is 1.94 bits per heavy atom. The van der Waals surface area contributed by atoms with Crippen molar-refractivity contribution in [3.05, 3.63) is 24.3 Å². The van der Waals surface area contributed by atoms with Crippen LogP contribution in [0.5, 0.6) is 5.75 Å². The first-order valence-electron chi connectivity index (χ1n) is 12.4. The smallest absolute Gasteiger partial charge is 0.311 e. The highest BCUT2D eigenvalue weighted by atomic mass is 32.2. The summed E-state index contributed by atoms with van der Waals surface area (Å²) in [6, 6.07) is 5.72. The van der Waals surface area contributed by atoms with E-state index in [9.17, 15) is 19.5 Å². The molecule has 0 radical (unpaired) electrons. The van der Waals surface area contributed by atoms with Gasteiger partial charge in [0.1, 0.15) is 11.8 Å². The van der Waals surface area contributed by atoms with Gasteiger partial charge in [-0.3, -0.25) is 14.4 Å². The molecule has 3 aliphatic heterocycles. The van der Waals surface area contributed by atoms with Gasteiger partial charge < -0.3 is 24.8 Å². The van der Waals surface area contributed by atoms with Crippen molar-refractivity contribution < 1.29 is 29.0 Å². The largest absolute Gasteiger partial charge is 0.497 e. The van der Waals surface area contributed by atoms with E-state index < -0.39 is 33.4 Å². The van der Waals surface area contributed by atoms with Gasteiger partial charge in [-0.05, 0) is 63.3 Å². The minimum absolute atomic E-state index is 0.213. The number of likely N-dealkylation sites (tertiary alicyclic amines) is 1. The van der Waals surface area contributed by atoms with Gasteiger partial charge in [0, 0.05) is 10.4 Å². The molecule has 3 fully saturated rings. The molecule has 2 bridgehead atoms. The van der Waals surface area contributed by atoms with Gasteiger partial charge in [-0.1, -0.05) is 13.8 Å². The Hall–Kier alpha value is -2.26. The zero-order valence-electron chi connectivity index (χ0n) is 21.1. The van der Waals surface area contributed by atoms with Gasteiger partial charge in [-0.2, -0.15) is 0 Å². The Bertz CT molecular complexity index is 985. The number of ether oxygens (including phenoxy) is 2. The third-order valence-electron chi connectivity index (χ3n) is 7.71. The molecule has 4 rings (SSSR count). The fraction of sp³-hybridized carbons (Fsp3) is 0.654. The highest BCUT2D eigenvalue weighted by Gasteiger charge is 2.78. The SMILES string of the molecule is CCOC(=O)[C@H]1[C@H]2C(=O)N([C@@H](CO)CC(C)C)C(C(=O)Nc3ccc(OC)cc3)C23CC[C@]1(C)S3. The number of aliphatic hydroxyl groups excluding tert-OH is 1. The Labute approximate surface area is 211 Å². The van der Waals surface area contributed by atoms with Crippen molar-refractivity contribution in [2.75, 3.05) is 25.6 Å². The summed E-state index contributed by atoms with van der Waals surface area (Å²) in [7, 11) is 1.58. The van der Waals surface area contributed by atoms with E-state index in [0.29, 0.717) is 24.3 Å². The van der Waals surface area contributed by atoms with Crippen LogP contribution in [0.1, 0.15) is 47.0 Å². The number of fused-ring (bicyclic) bond motifs is 1. The van der Waals surface area contributed by atoms with Crippen molar-refractivity contribution in [1.29, 1.82) is 0 Å². The van der Waals surface area contributed by atoms with Gasteiger partial charge in [0.15, 0.2) is 0 Å². The second-order valence-electron chi connectivity index (χ2n) is 10.4. The van der Waals surface area contributed by atoms with Gasteiger partial charge in [-0.25, -0.2) is 0 Å². The predicted molar refractivity (Wildman–Crippen MR) is 134 cm³/mol. The summed E-state index contributed by atoms with van der Waals surface area (Å²) < 4.78 is 9.41. The highest BCUT2D eigenvalue weighted by molar-refractivity contribution is 8.02. The number of rotatable bonds is 9. The molecule has 3 aliphatic rings. The average Bonchev–Trinajstić information content (AvgIpc) is 3.38. The van der Waals surface area contributed by atoms with E-state index in [2.05, 4.69) is 5.32 Å². The number of benzene rings is 1. The summed E-state index contributed by atoms with van der Waals surface area (Å²) in [5.74, 6) is -1.28. The molecule has 9 heteroatoms. The number of anilines is 1. The summed E-state index contributed by atoms with van der Waals surface area (Å²) in [4.78, 5) is 42.7. The first-order chi connectivity index (χ1) is 16.6. The summed E-state index contributed by atoms with van der Waals surface area (Å²) in [5, 5.41) is 13.3. The number of nitrogens with zero attached hydrogens (tertiary/aromatic N) is 1. The van der Waals surface area contributed by atoms with Crippen LogP contribution in [0.25, 0.3) is 0 Å². The minimum atomic E-state index is -0.802. The monoisotopic (exact) mass is 504 g/mol. The number of amides is 2. The van der Waals surface area contributed by atoms with E-state index in [0.717, 1.165) is 6.42 Å². The van der Waals surface area contributed by atoms with Crippen molar-refractivity contribution in [2.24, 2.45) is 17.8 Å². The van der Waals surface area contributed by atoms with E-state index >= 15 is 0 Å². The van der Waals surface area contributed by atoms with Crippen LogP contribution >= 0.6 is 11.8 Å². The molecular formula is C26H36N2O6S. The van der Waals surface area contributed by atoms with Gasteiger partial charge >= 0.3 is 5.97 Å².